The largest absolute Gasteiger partial charge is 0.387 e. The fourth-order valence-corrected chi connectivity index (χ4v) is 3.46. The van der Waals surface area contributed by atoms with Gasteiger partial charge < -0.3 is 10.0 Å². The lowest BCUT2D eigenvalue weighted by molar-refractivity contribution is 0.109. The molecule has 0 saturated carbocycles. The van der Waals surface area contributed by atoms with Crippen LogP contribution in [0.5, 0.6) is 0 Å². The third-order valence-corrected chi connectivity index (χ3v) is 4.88. The van der Waals surface area contributed by atoms with Crippen molar-refractivity contribution >= 4 is 16.3 Å². The molecular weight excluding hydrogens is 306 g/mol. The van der Waals surface area contributed by atoms with Gasteiger partial charge in [0.2, 0.25) is 0 Å². The fraction of sp³-hybridized carbons (Fsp3) is 0.375. The fourth-order valence-electron chi connectivity index (χ4n) is 2.67. The van der Waals surface area contributed by atoms with Gasteiger partial charge in [0.25, 0.3) is 0 Å². The molecule has 1 fully saturated rings. The van der Waals surface area contributed by atoms with Gasteiger partial charge in [-0.05, 0) is 35.2 Å². The van der Waals surface area contributed by atoms with Gasteiger partial charge in [-0.2, -0.15) is 0 Å². The van der Waals surface area contributed by atoms with Crippen LogP contribution in [0.15, 0.2) is 35.7 Å². The van der Waals surface area contributed by atoms with Crippen LogP contribution in [0.2, 0.25) is 0 Å². The van der Waals surface area contributed by atoms with Crippen LogP contribution in [-0.2, 0) is 0 Å². The summed E-state index contributed by atoms with van der Waals surface area (Å²) in [4.78, 5) is 4.47. The number of benzene rings is 1. The normalized spacial score (nSPS) is 17.7. The molecule has 6 heteroatoms. The Morgan fingerprint density at radius 1 is 1.09 bits per heavy atom. The first-order chi connectivity index (χ1) is 10.6. The summed E-state index contributed by atoms with van der Waals surface area (Å²) in [5, 5.41) is 13.5. The van der Waals surface area contributed by atoms with Gasteiger partial charge in [-0.3, -0.25) is 4.90 Å². The van der Waals surface area contributed by atoms with Gasteiger partial charge in [-0.1, -0.05) is 6.07 Å². The van der Waals surface area contributed by atoms with Crippen LogP contribution in [0.3, 0.4) is 0 Å². The lowest BCUT2D eigenvalue weighted by atomic mass is 10.1. The first-order valence-electron chi connectivity index (χ1n) is 7.27. The van der Waals surface area contributed by atoms with Crippen LogP contribution in [0.25, 0.3) is 0 Å². The SMILES string of the molecule is OC(CN1CCN(c2cccs2)CC1)c1ccc(F)c(F)c1. The molecule has 2 aromatic rings. The summed E-state index contributed by atoms with van der Waals surface area (Å²) < 4.78 is 26.1. The maximum Gasteiger partial charge on any atom is 0.159 e. The average molecular weight is 324 g/mol. The van der Waals surface area contributed by atoms with Crippen molar-refractivity contribution in [3.8, 4) is 0 Å². The van der Waals surface area contributed by atoms with Crippen LogP contribution in [0.4, 0.5) is 13.8 Å². The summed E-state index contributed by atoms with van der Waals surface area (Å²) in [5.41, 5.74) is 0.416. The number of halogens is 2. The van der Waals surface area contributed by atoms with Gasteiger partial charge in [0.05, 0.1) is 11.1 Å². The molecule has 3 rings (SSSR count). The number of rotatable bonds is 4. The molecule has 0 aliphatic carbocycles. The zero-order valence-electron chi connectivity index (χ0n) is 12.1. The Hall–Kier alpha value is -1.50. The van der Waals surface area contributed by atoms with E-state index in [2.05, 4.69) is 21.2 Å². The van der Waals surface area contributed by atoms with Gasteiger partial charge in [0, 0.05) is 32.7 Å². The van der Waals surface area contributed by atoms with Crippen LogP contribution < -0.4 is 4.90 Å². The van der Waals surface area contributed by atoms with E-state index < -0.39 is 17.7 Å². The zero-order chi connectivity index (χ0) is 15.5. The van der Waals surface area contributed by atoms with Crippen molar-refractivity contribution in [3.63, 3.8) is 0 Å². The minimum Gasteiger partial charge on any atom is -0.387 e. The number of aliphatic hydroxyl groups excluding tert-OH is 1. The number of β-amino-alcohol motifs (C(OH)–C–C–N with tert-alkyl or cyclic N) is 1. The summed E-state index contributed by atoms with van der Waals surface area (Å²) >= 11 is 1.73. The predicted molar refractivity (Wildman–Crippen MR) is 84.3 cm³/mol. The van der Waals surface area contributed by atoms with E-state index in [1.54, 1.807) is 11.3 Å². The van der Waals surface area contributed by atoms with Crippen molar-refractivity contribution < 1.29 is 13.9 Å². The van der Waals surface area contributed by atoms with Gasteiger partial charge >= 0.3 is 0 Å². The molecule has 1 unspecified atom stereocenters. The third kappa shape index (κ3) is 3.45. The van der Waals surface area contributed by atoms with Crippen LogP contribution in [-0.4, -0.2) is 42.7 Å². The molecule has 0 spiro atoms. The van der Waals surface area contributed by atoms with E-state index in [0.29, 0.717) is 12.1 Å². The van der Waals surface area contributed by atoms with Crippen LogP contribution >= 0.6 is 11.3 Å². The first kappa shape index (κ1) is 15.4. The molecule has 118 valence electrons. The second-order valence-electron chi connectivity index (χ2n) is 5.43. The molecular formula is C16H18F2N2OS. The summed E-state index contributed by atoms with van der Waals surface area (Å²) in [7, 11) is 0. The van der Waals surface area contributed by atoms with E-state index in [-0.39, 0.29) is 0 Å². The molecule has 0 amide bonds. The van der Waals surface area contributed by atoms with Crippen LogP contribution in [0, 0.1) is 11.6 Å². The Morgan fingerprint density at radius 2 is 1.86 bits per heavy atom. The van der Waals surface area contributed by atoms with E-state index in [1.165, 1.54) is 11.1 Å². The second-order valence-corrected chi connectivity index (χ2v) is 6.35. The van der Waals surface area contributed by atoms with E-state index >= 15 is 0 Å². The number of piperazine rings is 1. The number of hydrogen-bond donors (Lipinski definition) is 1. The van der Waals surface area contributed by atoms with Gasteiger partial charge in [-0.15, -0.1) is 11.3 Å². The summed E-state index contributed by atoms with van der Waals surface area (Å²) in [6.45, 7) is 3.94. The first-order valence-corrected chi connectivity index (χ1v) is 8.15. The molecule has 1 aliphatic heterocycles. The van der Waals surface area contributed by atoms with Crippen molar-refractivity contribution in [2.24, 2.45) is 0 Å². The Bertz CT molecular complexity index is 613. The number of thiophene rings is 1. The molecule has 1 saturated heterocycles. The van der Waals surface area contributed by atoms with Crippen molar-refractivity contribution in [3.05, 3.63) is 52.9 Å². The highest BCUT2D eigenvalue weighted by Crippen LogP contribution is 2.23. The summed E-state index contributed by atoms with van der Waals surface area (Å²) in [5.74, 6) is -1.81. The highest BCUT2D eigenvalue weighted by Gasteiger charge is 2.21. The lowest BCUT2D eigenvalue weighted by Gasteiger charge is -2.36. The Balaban J connectivity index is 1.54. The molecule has 1 aliphatic rings. The molecule has 1 atom stereocenters. The molecule has 1 N–H and O–H groups in total. The number of aliphatic hydroxyl groups is 1. The Kier molecular flexibility index (Phi) is 4.71. The summed E-state index contributed by atoms with van der Waals surface area (Å²) in [6, 6.07) is 7.71. The molecule has 1 aromatic carbocycles. The maximum atomic E-state index is 13.2. The molecule has 1 aromatic heterocycles. The standard InChI is InChI=1S/C16H18F2N2OS/c17-13-4-3-12(10-14(13)18)15(21)11-19-5-7-20(8-6-19)16-2-1-9-22-16/h1-4,9-10,15,21H,5-8,11H2. The van der Waals surface area contributed by atoms with E-state index in [4.69, 9.17) is 0 Å². The average Bonchev–Trinajstić information content (AvgIpc) is 3.05. The minimum absolute atomic E-state index is 0.416. The van der Waals surface area contributed by atoms with Crippen LogP contribution in [0.1, 0.15) is 11.7 Å². The summed E-state index contributed by atoms with van der Waals surface area (Å²) in [6.07, 6.45) is -0.802. The van der Waals surface area contributed by atoms with Crippen molar-refractivity contribution in [1.29, 1.82) is 0 Å². The molecule has 22 heavy (non-hydrogen) atoms. The highest BCUT2D eigenvalue weighted by atomic mass is 32.1. The topological polar surface area (TPSA) is 26.7 Å². The van der Waals surface area contributed by atoms with Gasteiger partial charge in [-0.25, -0.2) is 8.78 Å². The van der Waals surface area contributed by atoms with E-state index in [1.807, 2.05) is 6.07 Å². The monoisotopic (exact) mass is 324 g/mol. The Labute approximate surface area is 132 Å². The van der Waals surface area contributed by atoms with Gasteiger partial charge in [0.1, 0.15) is 0 Å². The smallest absolute Gasteiger partial charge is 0.159 e. The number of anilines is 1. The zero-order valence-corrected chi connectivity index (χ0v) is 12.9. The Morgan fingerprint density at radius 3 is 2.50 bits per heavy atom. The third-order valence-electron chi connectivity index (χ3n) is 3.95. The number of nitrogens with zero attached hydrogens (tertiary/aromatic N) is 2. The quantitative estimate of drug-likeness (QED) is 0.937. The number of hydrogen-bond acceptors (Lipinski definition) is 4. The van der Waals surface area contributed by atoms with Gasteiger partial charge in [0.15, 0.2) is 11.6 Å². The molecule has 2 heterocycles. The minimum atomic E-state index is -0.918. The second kappa shape index (κ2) is 6.73. The van der Waals surface area contributed by atoms with Crippen molar-refractivity contribution in [2.45, 2.75) is 6.10 Å². The van der Waals surface area contributed by atoms with Crippen molar-refractivity contribution in [1.82, 2.24) is 4.90 Å². The lowest BCUT2D eigenvalue weighted by Crippen LogP contribution is -2.47. The highest BCUT2D eigenvalue weighted by molar-refractivity contribution is 7.14. The molecule has 3 nitrogen and oxygen atoms in total. The molecule has 0 bridgehead atoms. The molecule has 0 radical (unpaired) electrons. The maximum absolute atomic E-state index is 13.2. The van der Waals surface area contributed by atoms with Crippen molar-refractivity contribution in [2.75, 3.05) is 37.6 Å². The predicted octanol–water partition coefficient (Wildman–Crippen LogP) is 2.88. The van der Waals surface area contributed by atoms with E-state index in [0.717, 1.165) is 38.3 Å². The van der Waals surface area contributed by atoms with E-state index in [9.17, 15) is 13.9 Å².